The van der Waals surface area contributed by atoms with Gasteiger partial charge in [0.2, 0.25) is 0 Å². The van der Waals surface area contributed by atoms with Gasteiger partial charge < -0.3 is 10.1 Å². The second kappa shape index (κ2) is 6.77. The fourth-order valence-electron chi connectivity index (χ4n) is 2.34. The van der Waals surface area contributed by atoms with Crippen LogP contribution in [-0.2, 0) is 17.8 Å². The molecule has 94 valence electrons. The van der Waals surface area contributed by atoms with E-state index in [2.05, 4.69) is 29.6 Å². The van der Waals surface area contributed by atoms with E-state index in [9.17, 15) is 0 Å². The summed E-state index contributed by atoms with van der Waals surface area (Å²) in [5.74, 6) is 0. The third-order valence-electron chi connectivity index (χ3n) is 3.47. The van der Waals surface area contributed by atoms with Crippen LogP contribution in [0.15, 0.2) is 24.3 Å². The largest absolute Gasteiger partial charge is 0.374 e. The van der Waals surface area contributed by atoms with E-state index in [1.165, 1.54) is 36.8 Å². The first-order chi connectivity index (χ1) is 8.38. The van der Waals surface area contributed by atoms with Gasteiger partial charge in [-0.1, -0.05) is 37.1 Å². The lowest BCUT2D eigenvalue weighted by Gasteiger charge is -2.11. The number of hydrogen-bond donors (Lipinski definition) is 1. The lowest BCUT2D eigenvalue weighted by atomic mass is 10.1. The Balaban J connectivity index is 1.76. The third-order valence-corrected chi connectivity index (χ3v) is 3.47. The van der Waals surface area contributed by atoms with Crippen molar-refractivity contribution >= 4 is 0 Å². The van der Waals surface area contributed by atoms with Gasteiger partial charge in [0.1, 0.15) is 0 Å². The van der Waals surface area contributed by atoms with E-state index in [0.29, 0.717) is 6.10 Å². The van der Waals surface area contributed by atoms with Gasteiger partial charge in [0.05, 0.1) is 12.7 Å². The van der Waals surface area contributed by atoms with Gasteiger partial charge in [0, 0.05) is 0 Å². The van der Waals surface area contributed by atoms with Crippen molar-refractivity contribution in [3.8, 4) is 0 Å². The van der Waals surface area contributed by atoms with Crippen LogP contribution in [0, 0.1) is 0 Å². The minimum atomic E-state index is 0.513. The van der Waals surface area contributed by atoms with Crippen molar-refractivity contribution in [3.05, 3.63) is 35.4 Å². The van der Waals surface area contributed by atoms with Gasteiger partial charge in [0.15, 0.2) is 0 Å². The highest BCUT2D eigenvalue weighted by atomic mass is 16.5. The topological polar surface area (TPSA) is 21.3 Å². The van der Waals surface area contributed by atoms with E-state index in [1.54, 1.807) is 0 Å². The lowest BCUT2D eigenvalue weighted by molar-refractivity contribution is 0.0457. The quantitative estimate of drug-likeness (QED) is 0.815. The predicted octanol–water partition coefficient (Wildman–Crippen LogP) is 2.91. The number of ether oxygens (including phenoxy) is 1. The zero-order valence-electron chi connectivity index (χ0n) is 10.7. The van der Waals surface area contributed by atoms with Crippen molar-refractivity contribution in [2.75, 3.05) is 13.6 Å². The first-order valence-electron chi connectivity index (χ1n) is 6.72. The van der Waals surface area contributed by atoms with Crippen LogP contribution in [0.3, 0.4) is 0 Å². The summed E-state index contributed by atoms with van der Waals surface area (Å²) in [6, 6.07) is 8.81. The molecule has 2 heteroatoms. The Morgan fingerprint density at radius 3 is 2.41 bits per heavy atom. The molecule has 0 aliphatic heterocycles. The zero-order valence-corrected chi connectivity index (χ0v) is 10.7. The highest BCUT2D eigenvalue weighted by Crippen LogP contribution is 2.22. The molecule has 0 bridgehead atoms. The number of benzene rings is 1. The average Bonchev–Trinajstić information content (AvgIpc) is 2.88. The van der Waals surface area contributed by atoms with Crippen LogP contribution in [0.1, 0.15) is 36.8 Å². The van der Waals surface area contributed by atoms with E-state index in [0.717, 1.165) is 19.6 Å². The fourth-order valence-corrected chi connectivity index (χ4v) is 2.34. The molecular formula is C15H23NO. The van der Waals surface area contributed by atoms with Gasteiger partial charge in [-0.3, -0.25) is 0 Å². The molecular weight excluding hydrogens is 210 g/mol. The summed E-state index contributed by atoms with van der Waals surface area (Å²) >= 11 is 0. The Kier molecular flexibility index (Phi) is 5.02. The molecule has 1 aromatic rings. The molecule has 1 aliphatic rings. The van der Waals surface area contributed by atoms with Gasteiger partial charge in [-0.2, -0.15) is 0 Å². The van der Waals surface area contributed by atoms with Crippen molar-refractivity contribution in [3.63, 3.8) is 0 Å². The average molecular weight is 233 g/mol. The van der Waals surface area contributed by atoms with Gasteiger partial charge in [-0.15, -0.1) is 0 Å². The highest BCUT2D eigenvalue weighted by Gasteiger charge is 2.14. The standard InChI is InChI=1S/C15H23NO/c1-16-11-10-13-6-8-14(9-7-13)12-17-15-4-2-3-5-15/h6-9,15-16H,2-5,10-12H2,1H3. The predicted molar refractivity (Wildman–Crippen MR) is 71.1 cm³/mol. The van der Waals surface area contributed by atoms with Crippen molar-refractivity contribution in [2.24, 2.45) is 0 Å². The maximum Gasteiger partial charge on any atom is 0.0720 e. The molecule has 0 spiro atoms. The van der Waals surface area contributed by atoms with Crippen molar-refractivity contribution in [1.82, 2.24) is 5.32 Å². The van der Waals surface area contributed by atoms with E-state index in [1.807, 2.05) is 7.05 Å². The summed E-state index contributed by atoms with van der Waals surface area (Å²) in [7, 11) is 1.99. The zero-order chi connectivity index (χ0) is 11.9. The maximum absolute atomic E-state index is 5.90. The van der Waals surface area contributed by atoms with Crippen LogP contribution in [0.4, 0.5) is 0 Å². The van der Waals surface area contributed by atoms with Crippen LogP contribution in [0.2, 0.25) is 0 Å². The van der Waals surface area contributed by atoms with Crippen LogP contribution in [0.5, 0.6) is 0 Å². The second-order valence-electron chi connectivity index (χ2n) is 4.89. The molecule has 0 heterocycles. The van der Waals surface area contributed by atoms with E-state index >= 15 is 0 Å². The normalized spacial score (nSPS) is 16.5. The Morgan fingerprint density at radius 1 is 1.12 bits per heavy atom. The molecule has 1 aliphatic carbocycles. The first kappa shape index (κ1) is 12.6. The minimum absolute atomic E-state index is 0.513. The molecule has 0 amide bonds. The molecule has 17 heavy (non-hydrogen) atoms. The Morgan fingerprint density at radius 2 is 1.76 bits per heavy atom. The molecule has 0 unspecified atom stereocenters. The van der Waals surface area contributed by atoms with Gasteiger partial charge >= 0.3 is 0 Å². The Hall–Kier alpha value is -0.860. The summed E-state index contributed by atoms with van der Waals surface area (Å²) in [6.45, 7) is 1.81. The summed E-state index contributed by atoms with van der Waals surface area (Å²) in [6.07, 6.45) is 6.79. The molecule has 2 rings (SSSR count). The Bertz CT molecular complexity index is 314. The molecule has 1 saturated carbocycles. The number of nitrogens with one attached hydrogen (secondary N) is 1. The van der Waals surface area contributed by atoms with Crippen LogP contribution in [-0.4, -0.2) is 19.7 Å². The summed E-state index contributed by atoms with van der Waals surface area (Å²) < 4.78 is 5.90. The third kappa shape index (κ3) is 4.14. The fraction of sp³-hybridized carbons (Fsp3) is 0.600. The minimum Gasteiger partial charge on any atom is -0.374 e. The first-order valence-corrected chi connectivity index (χ1v) is 6.72. The van der Waals surface area contributed by atoms with Gasteiger partial charge in [-0.05, 0) is 44.0 Å². The molecule has 0 aromatic heterocycles. The van der Waals surface area contributed by atoms with Crippen LogP contribution < -0.4 is 5.32 Å². The van der Waals surface area contributed by atoms with Crippen molar-refractivity contribution < 1.29 is 4.74 Å². The molecule has 2 nitrogen and oxygen atoms in total. The van der Waals surface area contributed by atoms with Crippen LogP contribution in [0.25, 0.3) is 0 Å². The highest BCUT2D eigenvalue weighted by molar-refractivity contribution is 5.22. The number of hydrogen-bond acceptors (Lipinski definition) is 2. The molecule has 0 radical (unpaired) electrons. The number of likely N-dealkylation sites (N-methyl/N-ethyl adjacent to an activating group) is 1. The molecule has 1 N–H and O–H groups in total. The van der Waals surface area contributed by atoms with E-state index in [-0.39, 0.29) is 0 Å². The smallest absolute Gasteiger partial charge is 0.0720 e. The van der Waals surface area contributed by atoms with Crippen molar-refractivity contribution in [1.29, 1.82) is 0 Å². The monoisotopic (exact) mass is 233 g/mol. The second-order valence-corrected chi connectivity index (χ2v) is 4.89. The summed E-state index contributed by atoms with van der Waals surface area (Å²) in [5, 5.41) is 3.17. The lowest BCUT2D eigenvalue weighted by Crippen LogP contribution is -2.10. The van der Waals surface area contributed by atoms with E-state index < -0.39 is 0 Å². The SMILES string of the molecule is CNCCc1ccc(COC2CCCC2)cc1. The summed E-state index contributed by atoms with van der Waals surface area (Å²) in [4.78, 5) is 0. The number of rotatable bonds is 6. The summed E-state index contributed by atoms with van der Waals surface area (Å²) in [5.41, 5.74) is 2.69. The molecule has 1 fully saturated rings. The molecule has 0 atom stereocenters. The van der Waals surface area contributed by atoms with Crippen molar-refractivity contribution in [2.45, 2.75) is 44.8 Å². The molecule has 1 aromatic carbocycles. The van der Waals surface area contributed by atoms with Gasteiger partial charge in [0.25, 0.3) is 0 Å². The van der Waals surface area contributed by atoms with Gasteiger partial charge in [-0.25, -0.2) is 0 Å². The van der Waals surface area contributed by atoms with E-state index in [4.69, 9.17) is 4.74 Å². The molecule has 0 saturated heterocycles. The maximum atomic E-state index is 5.90. The Labute approximate surface area is 104 Å². The van der Waals surface area contributed by atoms with Crippen LogP contribution >= 0.6 is 0 Å².